The molecule has 0 aromatic rings. The molecule has 0 amide bonds. The highest BCUT2D eigenvalue weighted by Crippen LogP contribution is 1.91. The summed E-state index contributed by atoms with van der Waals surface area (Å²) < 4.78 is 0. The molecule has 0 aliphatic rings. The molecule has 0 bridgehead atoms. The van der Waals surface area contributed by atoms with Crippen LogP contribution in [0.1, 0.15) is 19.3 Å². The summed E-state index contributed by atoms with van der Waals surface area (Å²) in [5.41, 5.74) is 0. The fourth-order valence-corrected chi connectivity index (χ4v) is 0.338. The zero-order chi connectivity index (χ0) is 5.54. The SMILES string of the molecule is [CH2]CCCCO[O]. The molecular weight excluding hydrogens is 92.1 g/mol. The summed E-state index contributed by atoms with van der Waals surface area (Å²) in [6.45, 7) is 3.93. The molecular formula is C5H10O2. The van der Waals surface area contributed by atoms with E-state index in [4.69, 9.17) is 0 Å². The highest BCUT2D eigenvalue weighted by atomic mass is 17.1. The number of hydrogen-bond donors (Lipinski definition) is 0. The Labute approximate surface area is 44.0 Å². The first kappa shape index (κ1) is 6.92. The minimum absolute atomic E-state index is 0.329. The van der Waals surface area contributed by atoms with Gasteiger partial charge >= 0.3 is 0 Å². The predicted octanol–water partition coefficient (Wildman–Crippen LogP) is 1.35. The Kier molecular flexibility index (Phi) is 5.85. The Balaban J connectivity index is 2.45. The highest BCUT2D eigenvalue weighted by Gasteiger charge is 1.82. The van der Waals surface area contributed by atoms with Crippen molar-refractivity contribution in [2.24, 2.45) is 0 Å². The van der Waals surface area contributed by atoms with Gasteiger partial charge in [-0.1, -0.05) is 19.8 Å². The van der Waals surface area contributed by atoms with Gasteiger partial charge in [0.15, 0.2) is 0 Å². The Morgan fingerprint density at radius 1 is 1.43 bits per heavy atom. The van der Waals surface area contributed by atoms with E-state index in [-0.39, 0.29) is 0 Å². The molecule has 0 aliphatic carbocycles. The fourth-order valence-electron chi connectivity index (χ4n) is 0.338. The Morgan fingerprint density at radius 3 is 2.57 bits per heavy atom. The molecule has 0 saturated carbocycles. The molecule has 7 heavy (non-hydrogen) atoms. The van der Waals surface area contributed by atoms with Crippen LogP contribution in [0.15, 0.2) is 0 Å². The lowest BCUT2D eigenvalue weighted by molar-refractivity contribution is -0.303. The molecule has 0 spiro atoms. The zero-order valence-electron chi connectivity index (χ0n) is 4.35. The van der Waals surface area contributed by atoms with Crippen molar-refractivity contribution in [2.75, 3.05) is 6.61 Å². The number of unbranched alkanes of at least 4 members (excludes halogenated alkanes) is 2. The summed E-state index contributed by atoms with van der Waals surface area (Å²) in [6, 6.07) is 0. The Bertz CT molecular complexity index is 25.3. The molecule has 0 N–H and O–H groups in total. The molecule has 0 aromatic heterocycles. The lowest BCUT2D eigenvalue weighted by atomic mass is 10.3. The van der Waals surface area contributed by atoms with Gasteiger partial charge in [0, 0.05) is 0 Å². The van der Waals surface area contributed by atoms with Crippen LogP contribution < -0.4 is 0 Å². The summed E-state index contributed by atoms with van der Waals surface area (Å²) in [5.74, 6) is 0. The van der Waals surface area contributed by atoms with E-state index < -0.39 is 0 Å². The third-order valence-corrected chi connectivity index (χ3v) is 0.728. The normalized spacial score (nSPS) is 9.43. The van der Waals surface area contributed by atoms with Crippen molar-refractivity contribution in [2.45, 2.75) is 19.3 Å². The maximum absolute atomic E-state index is 9.28. The van der Waals surface area contributed by atoms with Crippen molar-refractivity contribution in [3.05, 3.63) is 6.92 Å². The van der Waals surface area contributed by atoms with E-state index in [1.54, 1.807) is 0 Å². The fraction of sp³-hybridized carbons (Fsp3) is 0.800. The molecule has 0 rings (SSSR count). The van der Waals surface area contributed by atoms with Crippen LogP contribution in [0.25, 0.3) is 0 Å². The van der Waals surface area contributed by atoms with Crippen LogP contribution in [0.5, 0.6) is 0 Å². The van der Waals surface area contributed by atoms with Crippen LogP contribution in [0, 0.1) is 6.92 Å². The van der Waals surface area contributed by atoms with Crippen molar-refractivity contribution in [3.8, 4) is 0 Å². The first-order valence-corrected chi connectivity index (χ1v) is 2.46. The van der Waals surface area contributed by atoms with Gasteiger partial charge in [0.1, 0.15) is 0 Å². The third kappa shape index (κ3) is 5.92. The van der Waals surface area contributed by atoms with Crippen molar-refractivity contribution in [1.29, 1.82) is 0 Å². The summed E-state index contributed by atoms with van der Waals surface area (Å²) in [4.78, 5) is 3.57. The van der Waals surface area contributed by atoms with Gasteiger partial charge < -0.3 is 0 Å². The Hall–Kier alpha value is -0.0800. The van der Waals surface area contributed by atoms with Crippen LogP contribution in [0.2, 0.25) is 0 Å². The molecule has 2 nitrogen and oxygen atoms in total. The maximum Gasteiger partial charge on any atom is 0.0854 e. The topological polar surface area (TPSA) is 29.1 Å². The van der Waals surface area contributed by atoms with Crippen molar-refractivity contribution in [3.63, 3.8) is 0 Å². The maximum atomic E-state index is 9.28. The smallest absolute Gasteiger partial charge is 0.0854 e. The standard InChI is InChI=1S/C5H10O2/c1-2-3-4-5-7-6/h1-5H2. The molecule has 0 saturated heterocycles. The minimum atomic E-state index is 0.329. The average molecular weight is 102 g/mol. The minimum Gasteiger partial charge on any atom is -0.204 e. The van der Waals surface area contributed by atoms with Crippen molar-refractivity contribution >= 4 is 0 Å². The van der Waals surface area contributed by atoms with Gasteiger partial charge in [0.05, 0.1) is 6.61 Å². The van der Waals surface area contributed by atoms with Gasteiger partial charge in [-0.05, 0) is 11.7 Å². The van der Waals surface area contributed by atoms with Crippen molar-refractivity contribution in [1.82, 2.24) is 0 Å². The van der Waals surface area contributed by atoms with E-state index in [0.29, 0.717) is 6.61 Å². The average Bonchev–Trinajstić information content (AvgIpc) is 1.69. The molecule has 0 aromatic carbocycles. The molecule has 2 radical (unpaired) electrons. The van der Waals surface area contributed by atoms with E-state index in [9.17, 15) is 5.26 Å². The van der Waals surface area contributed by atoms with Crippen LogP contribution in [0.4, 0.5) is 0 Å². The van der Waals surface area contributed by atoms with Crippen molar-refractivity contribution < 1.29 is 10.1 Å². The first-order chi connectivity index (χ1) is 3.41. The van der Waals surface area contributed by atoms with Gasteiger partial charge in [-0.15, -0.1) is 0 Å². The molecule has 0 unspecified atom stereocenters. The lowest BCUT2D eigenvalue weighted by Gasteiger charge is -1.88. The van der Waals surface area contributed by atoms with Crippen LogP contribution in [-0.2, 0) is 10.1 Å². The van der Waals surface area contributed by atoms with Gasteiger partial charge in [-0.25, -0.2) is 4.89 Å². The molecule has 0 atom stereocenters. The van der Waals surface area contributed by atoms with Gasteiger partial charge in [-0.3, -0.25) is 0 Å². The van der Waals surface area contributed by atoms with Gasteiger partial charge in [0.2, 0.25) is 0 Å². The lowest BCUT2D eigenvalue weighted by Crippen LogP contribution is -1.85. The van der Waals surface area contributed by atoms with Crippen LogP contribution >= 0.6 is 0 Å². The van der Waals surface area contributed by atoms with Gasteiger partial charge in [-0.2, -0.15) is 0 Å². The van der Waals surface area contributed by atoms with Gasteiger partial charge in [0.25, 0.3) is 0 Å². The highest BCUT2D eigenvalue weighted by molar-refractivity contribution is 4.39. The summed E-state index contributed by atoms with van der Waals surface area (Å²) in [7, 11) is 0. The largest absolute Gasteiger partial charge is 0.204 e. The summed E-state index contributed by atoms with van der Waals surface area (Å²) in [5, 5.41) is 9.28. The van der Waals surface area contributed by atoms with Crippen LogP contribution in [0.3, 0.4) is 0 Å². The molecule has 0 aliphatic heterocycles. The van der Waals surface area contributed by atoms with E-state index in [1.165, 1.54) is 0 Å². The molecule has 2 heteroatoms. The van der Waals surface area contributed by atoms with E-state index in [0.717, 1.165) is 19.3 Å². The van der Waals surface area contributed by atoms with E-state index in [2.05, 4.69) is 11.8 Å². The third-order valence-electron chi connectivity index (χ3n) is 0.728. The molecule has 0 fully saturated rings. The summed E-state index contributed by atoms with van der Waals surface area (Å²) >= 11 is 0. The Morgan fingerprint density at radius 2 is 2.14 bits per heavy atom. The second kappa shape index (κ2) is 5.92. The molecule has 0 heterocycles. The molecule has 42 valence electrons. The van der Waals surface area contributed by atoms with Crippen LogP contribution in [-0.4, -0.2) is 6.61 Å². The quantitative estimate of drug-likeness (QED) is 0.299. The monoisotopic (exact) mass is 102 g/mol. The van der Waals surface area contributed by atoms with E-state index >= 15 is 0 Å². The second-order valence-corrected chi connectivity index (χ2v) is 1.38. The number of rotatable bonds is 4. The second-order valence-electron chi connectivity index (χ2n) is 1.38. The first-order valence-electron chi connectivity index (χ1n) is 2.46. The van der Waals surface area contributed by atoms with E-state index in [1.807, 2.05) is 0 Å². The zero-order valence-corrected chi connectivity index (χ0v) is 4.35. The predicted molar refractivity (Wildman–Crippen MR) is 25.8 cm³/mol. The summed E-state index contributed by atoms with van der Waals surface area (Å²) in [6.07, 6.45) is 2.72. The number of hydrogen-bond acceptors (Lipinski definition) is 1.